The summed E-state index contributed by atoms with van der Waals surface area (Å²) in [6.07, 6.45) is 1.39. The van der Waals surface area contributed by atoms with Crippen molar-refractivity contribution >= 4 is 28.8 Å². The van der Waals surface area contributed by atoms with Gasteiger partial charge >= 0.3 is 0 Å². The van der Waals surface area contributed by atoms with Crippen molar-refractivity contribution in [3.05, 3.63) is 44.6 Å². The quantitative estimate of drug-likeness (QED) is 0.695. The molecule has 0 radical (unpaired) electrons. The Bertz CT molecular complexity index is 894. The van der Waals surface area contributed by atoms with E-state index in [0.29, 0.717) is 23.3 Å². The Labute approximate surface area is 123 Å². The predicted octanol–water partition coefficient (Wildman–Crippen LogP) is 3.07. The molecule has 0 aliphatic heterocycles. The van der Waals surface area contributed by atoms with Crippen LogP contribution < -0.4 is 10.2 Å². The van der Waals surface area contributed by atoms with Gasteiger partial charge in [-0.1, -0.05) is 0 Å². The molecule has 5 nitrogen and oxygen atoms in total. The maximum Gasteiger partial charge on any atom is 0.298 e. The smallest absolute Gasteiger partial charge is 0.298 e. The molecule has 0 amide bonds. The zero-order chi connectivity index (χ0) is 15.0. The van der Waals surface area contributed by atoms with Crippen LogP contribution >= 0.6 is 11.3 Å². The first-order valence-electron chi connectivity index (χ1n) is 6.19. The van der Waals surface area contributed by atoms with Gasteiger partial charge in [-0.3, -0.25) is 9.59 Å². The fourth-order valence-electron chi connectivity index (χ4n) is 2.16. The maximum absolute atomic E-state index is 12.7. The zero-order valence-electron chi connectivity index (χ0n) is 11.4. The molecule has 2 heterocycles. The number of fused-ring (bicyclic) bond motifs is 1. The Morgan fingerprint density at radius 3 is 2.81 bits per heavy atom. The summed E-state index contributed by atoms with van der Waals surface area (Å²) in [4.78, 5) is 27.6. The van der Waals surface area contributed by atoms with Gasteiger partial charge in [0.15, 0.2) is 0 Å². The molecule has 6 heteroatoms. The summed E-state index contributed by atoms with van der Waals surface area (Å²) < 4.78 is 10.4. The number of hydrogen-bond acceptors (Lipinski definition) is 6. The van der Waals surface area contributed by atoms with E-state index in [1.165, 1.54) is 17.6 Å². The second-order valence-electron chi connectivity index (χ2n) is 4.58. The second kappa shape index (κ2) is 5.14. The lowest BCUT2D eigenvalue weighted by molar-refractivity contribution is -0.120. The van der Waals surface area contributed by atoms with Crippen LogP contribution in [0.25, 0.3) is 22.2 Å². The SMILES string of the molecule is Cc1cc(OC=O)c2c(=O)c(-c3csc(C)n3)coc2c1. The molecule has 0 aliphatic carbocycles. The molecule has 0 saturated heterocycles. The predicted molar refractivity (Wildman–Crippen MR) is 79.8 cm³/mol. The molecule has 106 valence electrons. The van der Waals surface area contributed by atoms with Crippen molar-refractivity contribution in [2.75, 3.05) is 0 Å². The summed E-state index contributed by atoms with van der Waals surface area (Å²) in [6, 6.07) is 3.36. The van der Waals surface area contributed by atoms with Crippen molar-refractivity contribution in [2.45, 2.75) is 13.8 Å². The zero-order valence-corrected chi connectivity index (χ0v) is 12.2. The van der Waals surface area contributed by atoms with Gasteiger partial charge in [0, 0.05) is 5.38 Å². The maximum atomic E-state index is 12.7. The minimum absolute atomic E-state index is 0.197. The standard InChI is InChI=1S/C15H11NO4S/c1-8-3-12-14(13(4-8)20-7-17)15(18)10(5-19-12)11-6-21-9(2)16-11/h3-7H,1-2H3. The Kier molecular flexibility index (Phi) is 3.31. The molecule has 3 aromatic rings. The molecule has 0 aliphatic rings. The molecular weight excluding hydrogens is 290 g/mol. The van der Waals surface area contributed by atoms with Crippen LogP contribution in [0.15, 0.2) is 33.0 Å². The first-order chi connectivity index (χ1) is 10.1. The van der Waals surface area contributed by atoms with Crippen LogP contribution in [0.5, 0.6) is 5.75 Å². The Hall–Kier alpha value is -2.47. The van der Waals surface area contributed by atoms with Crippen molar-refractivity contribution in [2.24, 2.45) is 0 Å². The number of carbonyl (C=O) groups is 1. The first-order valence-corrected chi connectivity index (χ1v) is 7.07. The third-order valence-corrected chi connectivity index (χ3v) is 3.83. The van der Waals surface area contributed by atoms with Gasteiger partial charge in [-0.05, 0) is 31.5 Å². The summed E-state index contributed by atoms with van der Waals surface area (Å²) in [5.74, 6) is 0.197. The number of rotatable bonds is 3. The number of benzene rings is 1. The molecule has 2 aromatic heterocycles. The first kappa shape index (κ1) is 13.5. The molecular formula is C15H11NO4S. The van der Waals surface area contributed by atoms with Gasteiger partial charge in [0.05, 0.1) is 16.3 Å². The third kappa shape index (κ3) is 2.34. The van der Waals surface area contributed by atoms with E-state index in [0.717, 1.165) is 10.6 Å². The highest BCUT2D eigenvalue weighted by Crippen LogP contribution is 2.28. The number of ether oxygens (including phenoxy) is 1. The summed E-state index contributed by atoms with van der Waals surface area (Å²) in [5, 5.41) is 2.90. The average molecular weight is 301 g/mol. The Balaban J connectivity index is 2.34. The van der Waals surface area contributed by atoms with Crippen LogP contribution in [0, 0.1) is 13.8 Å². The number of thiazole rings is 1. The molecule has 0 bridgehead atoms. The number of nitrogens with zero attached hydrogens (tertiary/aromatic N) is 1. The van der Waals surface area contributed by atoms with Crippen LogP contribution in [-0.2, 0) is 4.79 Å². The van der Waals surface area contributed by atoms with Crippen LogP contribution in [0.3, 0.4) is 0 Å². The molecule has 21 heavy (non-hydrogen) atoms. The normalized spacial score (nSPS) is 10.8. The van der Waals surface area contributed by atoms with Gasteiger partial charge in [0.1, 0.15) is 23.0 Å². The number of carbonyl (C=O) groups excluding carboxylic acids is 1. The van der Waals surface area contributed by atoms with Gasteiger partial charge in [-0.15, -0.1) is 11.3 Å². The van der Waals surface area contributed by atoms with Gasteiger partial charge < -0.3 is 9.15 Å². The van der Waals surface area contributed by atoms with E-state index >= 15 is 0 Å². The highest BCUT2D eigenvalue weighted by Gasteiger charge is 2.16. The molecule has 0 atom stereocenters. The van der Waals surface area contributed by atoms with E-state index in [9.17, 15) is 9.59 Å². The van der Waals surface area contributed by atoms with Crippen LogP contribution in [0.4, 0.5) is 0 Å². The van der Waals surface area contributed by atoms with Crippen molar-refractivity contribution in [3.8, 4) is 17.0 Å². The van der Waals surface area contributed by atoms with E-state index in [-0.39, 0.29) is 16.6 Å². The highest BCUT2D eigenvalue weighted by atomic mass is 32.1. The van der Waals surface area contributed by atoms with E-state index in [1.54, 1.807) is 17.5 Å². The van der Waals surface area contributed by atoms with Gasteiger partial charge in [-0.2, -0.15) is 0 Å². The van der Waals surface area contributed by atoms with Crippen molar-refractivity contribution < 1.29 is 13.9 Å². The molecule has 3 rings (SSSR count). The van der Waals surface area contributed by atoms with Crippen molar-refractivity contribution in [3.63, 3.8) is 0 Å². The van der Waals surface area contributed by atoms with E-state index in [2.05, 4.69) is 4.98 Å². The minimum Gasteiger partial charge on any atom is -0.463 e. The van der Waals surface area contributed by atoms with Crippen LogP contribution in [0.1, 0.15) is 10.6 Å². The van der Waals surface area contributed by atoms with E-state index in [1.807, 2.05) is 13.8 Å². The molecule has 0 N–H and O–H groups in total. The largest absolute Gasteiger partial charge is 0.463 e. The summed E-state index contributed by atoms with van der Waals surface area (Å²) in [6.45, 7) is 3.99. The molecule has 1 aromatic carbocycles. The summed E-state index contributed by atoms with van der Waals surface area (Å²) in [7, 11) is 0. The lowest BCUT2D eigenvalue weighted by atomic mass is 10.1. The fourth-order valence-corrected chi connectivity index (χ4v) is 2.77. The molecule has 0 unspecified atom stereocenters. The summed E-state index contributed by atoms with van der Waals surface area (Å²) >= 11 is 1.45. The van der Waals surface area contributed by atoms with Gasteiger partial charge in [0.2, 0.25) is 5.43 Å². The number of aromatic nitrogens is 1. The lowest BCUT2D eigenvalue weighted by Crippen LogP contribution is -2.07. The van der Waals surface area contributed by atoms with Crippen molar-refractivity contribution in [1.82, 2.24) is 4.98 Å². The molecule has 0 saturated carbocycles. The van der Waals surface area contributed by atoms with Crippen molar-refractivity contribution in [1.29, 1.82) is 0 Å². The van der Waals surface area contributed by atoms with Crippen LogP contribution in [-0.4, -0.2) is 11.5 Å². The third-order valence-electron chi connectivity index (χ3n) is 3.06. The van der Waals surface area contributed by atoms with Crippen LogP contribution in [0.2, 0.25) is 0 Å². The summed E-state index contributed by atoms with van der Waals surface area (Å²) in [5.41, 5.74) is 1.86. The highest BCUT2D eigenvalue weighted by molar-refractivity contribution is 7.09. The topological polar surface area (TPSA) is 69.4 Å². The molecule has 0 fully saturated rings. The Morgan fingerprint density at radius 2 is 2.14 bits per heavy atom. The molecule has 0 spiro atoms. The fraction of sp³-hybridized carbons (Fsp3) is 0.133. The van der Waals surface area contributed by atoms with Gasteiger partial charge in [-0.25, -0.2) is 4.98 Å². The van der Waals surface area contributed by atoms with Gasteiger partial charge in [0.25, 0.3) is 6.47 Å². The Morgan fingerprint density at radius 1 is 1.33 bits per heavy atom. The van der Waals surface area contributed by atoms with E-state index < -0.39 is 0 Å². The minimum atomic E-state index is -0.265. The number of aryl methyl sites for hydroxylation is 2. The average Bonchev–Trinajstić information content (AvgIpc) is 2.85. The van der Waals surface area contributed by atoms with E-state index in [4.69, 9.17) is 9.15 Å². The monoisotopic (exact) mass is 301 g/mol. The second-order valence-corrected chi connectivity index (χ2v) is 5.64. The number of hydrogen-bond donors (Lipinski definition) is 0. The lowest BCUT2D eigenvalue weighted by Gasteiger charge is -2.06.